The Balaban J connectivity index is 1.95. The molecule has 0 saturated carbocycles. The van der Waals surface area contributed by atoms with E-state index in [1.165, 1.54) is 0 Å². The van der Waals surface area contributed by atoms with E-state index in [1.54, 1.807) is 4.90 Å². The van der Waals surface area contributed by atoms with Gasteiger partial charge >= 0.3 is 5.97 Å². The van der Waals surface area contributed by atoms with Gasteiger partial charge in [-0.25, -0.2) is 0 Å². The summed E-state index contributed by atoms with van der Waals surface area (Å²) in [6.07, 6.45) is 3.68. The molecule has 2 aliphatic carbocycles. The maximum atomic E-state index is 12.9. The number of halogens is 1. The minimum Gasteiger partial charge on any atom is -0.480 e. The van der Waals surface area contributed by atoms with Gasteiger partial charge in [0.25, 0.3) is 0 Å². The molecule has 1 heterocycles. The summed E-state index contributed by atoms with van der Waals surface area (Å²) in [6, 6.07) is 7.72. The molecule has 0 unspecified atom stereocenters. The number of rotatable bonds is 3. The SMILES string of the molecule is O=C(O)CN1C2=C(C(=O)CCC2)C(c2ccc(Br)cc2)C2=C1CCCC2=O. The molecule has 4 rings (SSSR count). The van der Waals surface area contributed by atoms with Crippen LogP contribution in [0, 0.1) is 0 Å². The van der Waals surface area contributed by atoms with E-state index in [1.807, 2.05) is 24.3 Å². The first-order chi connectivity index (χ1) is 13.0. The van der Waals surface area contributed by atoms with Crippen LogP contribution in [0.3, 0.4) is 0 Å². The first-order valence-corrected chi connectivity index (χ1v) is 10.0. The van der Waals surface area contributed by atoms with Crippen LogP contribution in [0.1, 0.15) is 50.0 Å². The molecule has 0 radical (unpaired) electrons. The molecule has 0 fully saturated rings. The van der Waals surface area contributed by atoms with Crippen LogP contribution in [0.25, 0.3) is 0 Å². The Kier molecular flexibility index (Phi) is 4.76. The van der Waals surface area contributed by atoms with Gasteiger partial charge in [0.2, 0.25) is 0 Å². The van der Waals surface area contributed by atoms with Gasteiger partial charge in [-0.05, 0) is 43.4 Å². The Bertz CT molecular complexity index is 853. The average Bonchev–Trinajstić information content (AvgIpc) is 2.63. The minimum absolute atomic E-state index is 0.0319. The van der Waals surface area contributed by atoms with E-state index >= 15 is 0 Å². The zero-order chi connectivity index (χ0) is 19.1. The second-order valence-corrected chi connectivity index (χ2v) is 8.15. The van der Waals surface area contributed by atoms with Crippen molar-refractivity contribution in [3.8, 4) is 0 Å². The van der Waals surface area contributed by atoms with Gasteiger partial charge < -0.3 is 10.0 Å². The van der Waals surface area contributed by atoms with Crippen LogP contribution in [0.2, 0.25) is 0 Å². The number of hydrogen-bond donors (Lipinski definition) is 1. The molecule has 0 atom stereocenters. The largest absolute Gasteiger partial charge is 0.480 e. The highest BCUT2D eigenvalue weighted by molar-refractivity contribution is 9.10. The fourth-order valence-electron chi connectivity index (χ4n) is 4.53. The van der Waals surface area contributed by atoms with E-state index in [4.69, 9.17) is 0 Å². The van der Waals surface area contributed by atoms with Crippen LogP contribution < -0.4 is 0 Å². The lowest BCUT2D eigenvalue weighted by Gasteiger charge is -2.43. The minimum atomic E-state index is -0.952. The summed E-state index contributed by atoms with van der Waals surface area (Å²) in [4.78, 5) is 39.1. The predicted molar refractivity (Wildman–Crippen MR) is 103 cm³/mol. The van der Waals surface area contributed by atoms with Gasteiger partial charge in [-0.15, -0.1) is 0 Å². The zero-order valence-electron chi connectivity index (χ0n) is 14.8. The molecule has 3 aliphatic rings. The fourth-order valence-corrected chi connectivity index (χ4v) is 4.80. The van der Waals surface area contributed by atoms with Crippen molar-refractivity contribution in [2.24, 2.45) is 0 Å². The third-order valence-corrected chi connectivity index (χ3v) is 6.11. The predicted octanol–water partition coefficient (Wildman–Crippen LogP) is 3.95. The van der Waals surface area contributed by atoms with E-state index in [0.717, 1.165) is 34.3 Å². The lowest BCUT2D eigenvalue weighted by Crippen LogP contribution is -2.41. The van der Waals surface area contributed by atoms with Gasteiger partial charge in [0.05, 0.1) is 0 Å². The number of benzene rings is 1. The van der Waals surface area contributed by atoms with Gasteiger partial charge in [0.15, 0.2) is 11.6 Å². The summed E-state index contributed by atoms with van der Waals surface area (Å²) in [6.45, 7) is -0.203. The highest BCUT2D eigenvalue weighted by atomic mass is 79.9. The molecule has 0 bridgehead atoms. The van der Waals surface area contributed by atoms with Crippen molar-refractivity contribution in [3.05, 3.63) is 56.8 Å². The lowest BCUT2D eigenvalue weighted by atomic mass is 9.71. The molecule has 0 amide bonds. The Morgan fingerprint density at radius 2 is 1.48 bits per heavy atom. The summed E-state index contributed by atoms with van der Waals surface area (Å²) in [5.41, 5.74) is 3.77. The maximum Gasteiger partial charge on any atom is 0.323 e. The number of carboxylic acids is 1. The van der Waals surface area contributed by atoms with Crippen LogP contribution in [-0.4, -0.2) is 34.1 Å². The summed E-state index contributed by atoms with van der Waals surface area (Å²) in [5, 5.41) is 9.43. The van der Waals surface area contributed by atoms with Crippen molar-refractivity contribution in [2.45, 2.75) is 44.4 Å². The Morgan fingerprint density at radius 3 is 1.96 bits per heavy atom. The molecule has 27 heavy (non-hydrogen) atoms. The van der Waals surface area contributed by atoms with E-state index in [0.29, 0.717) is 36.8 Å². The van der Waals surface area contributed by atoms with E-state index < -0.39 is 5.97 Å². The van der Waals surface area contributed by atoms with Gasteiger partial charge in [-0.1, -0.05) is 28.1 Å². The van der Waals surface area contributed by atoms with Crippen molar-refractivity contribution in [1.29, 1.82) is 0 Å². The number of nitrogens with zero attached hydrogens (tertiary/aromatic N) is 1. The number of allylic oxidation sites excluding steroid dienone is 4. The number of hydrogen-bond acceptors (Lipinski definition) is 4. The summed E-state index contributed by atoms with van der Waals surface area (Å²) < 4.78 is 0.933. The molecule has 140 valence electrons. The zero-order valence-corrected chi connectivity index (χ0v) is 16.4. The molecule has 0 spiro atoms. The quantitative estimate of drug-likeness (QED) is 0.786. The van der Waals surface area contributed by atoms with Gasteiger partial charge in [0, 0.05) is 45.8 Å². The second kappa shape index (κ2) is 7.08. The molecular weight excluding hydrogens is 410 g/mol. The normalized spacial score (nSPS) is 20.7. The summed E-state index contributed by atoms with van der Waals surface area (Å²) >= 11 is 3.44. The fraction of sp³-hybridized carbons (Fsp3) is 0.381. The van der Waals surface area contributed by atoms with Crippen molar-refractivity contribution in [2.75, 3.05) is 6.54 Å². The van der Waals surface area contributed by atoms with Gasteiger partial charge in [-0.2, -0.15) is 0 Å². The van der Waals surface area contributed by atoms with Crippen LogP contribution in [-0.2, 0) is 14.4 Å². The monoisotopic (exact) mass is 429 g/mol. The van der Waals surface area contributed by atoms with Crippen molar-refractivity contribution in [1.82, 2.24) is 4.90 Å². The molecule has 1 aromatic carbocycles. The first kappa shape index (κ1) is 18.2. The van der Waals surface area contributed by atoms with Crippen LogP contribution in [0.15, 0.2) is 51.3 Å². The third-order valence-electron chi connectivity index (χ3n) is 5.58. The average molecular weight is 430 g/mol. The molecule has 5 nitrogen and oxygen atoms in total. The highest BCUT2D eigenvalue weighted by Crippen LogP contribution is 2.49. The second-order valence-electron chi connectivity index (χ2n) is 7.24. The van der Waals surface area contributed by atoms with E-state index in [9.17, 15) is 19.5 Å². The van der Waals surface area contributed by atoms with Crippen molar-refractivity contribution >= 4 is 33.5 Å². The molecule has 0 aromatic heterocycles. The van der Waals surface area contributed by atoms with Crippen molar-refractivity contribution in [3.63, 3.8) is 0 Å². The molecule has 1 N–H and O–H groups in total. The standard InChI is InChI=1S/C21H20BrNO4/c22-13-9-7-12(8-10-13)19-20-14(3-1-5-16(20)24)23(11-18(26)27)15-4-2-6-17(25)21(15)19/h7-10,19H,1-6,11H2,(H,26,27). The number of ketones is 2. The first-order valence-electron chi connectivity index (χ1n) is 9.24. The molecular formula is C21H20BrNO4. The number of carbonyl (C=O) groups is 3. The smallest absolute Gasteiger partial charge is 0.323 e. The maximum absolute atomic E-state index is 12.9. The highest BCUT2D eigenvalue weighted by Gasteiger charge is 2.43. The molecule has 1 aromatic rings. The summed E-state index contributed by atoms with van der Waals surface area (Å²) in [5.74, 6) is -1.27. The topological polar surface area (TPSA) is 74.7 Å². The van der Waals surface area contributed by atoms with Crippen LogP contribution in [0.4, 0.5) is 0 Å². The lowest BCUT2D eigenvalue weighted by molar-refractivity contribution is -0.138. The Morgan fingerprint density at radius 1 is 0.963 bits per heavy atom. The van der Waals surface area contributed by atoms with Gasteiger partial charge in [0.1, 0.15) is 6.54 Å². The van der Waals surface area contributed by atoms with Crippen LogP contribution >= 0.6 is 15.9 Å². The Labute approximate surface area is 165 Å². The number of Topliss-reactive ketones (excluding diaryl/α,β-unsaturated/α-hetero) is 2. The molecule has 0 saturated heterocycles. The van der Waals surface area contributed by atoms with E-state index in [-0.39, 0.29) is 24.0 Å². The van der Waals surface area contributed by atoms with Gasteiger partial charge in [-0.3, -0.25) is 14.4 Å². The van der Waals surface area contributed by atoms with E-state index in [2.05, 4.69) is 15.9 Å². The number of aliphatic carboxylic acids is 1. The molecule has 6 heteroatoms. The Hall–Kier alpha value is -2.21. The summed E-state index contributed by atoms with van der Waals surface area (Å²) in [7, 11) is 0. The van der Waals surface area contributed by atoms with Crippen LogP contribution in [0.5, 0.6) is 0 Å². The molecule has 1 aliphatic heterocycles. The third kappa shape index (κ3) is 3.16. The van der Waals surface area contributed by atoms with Crippen molar-refractivity contribution < 1.29 is 19.5 Å². The number of carboxylic acid groups (broad SMARTS) is 1. The number of carbonyl (C=O) groups excluding carboxylic acids is 2.